The highest BCUT2D eigenvalue weighted by Crippen LogP contribution is 2.25. The lowest BCUT2D eigenvalue weighted by molar-refractivity contribution is -0.384. The number of nitro groups is 1. The van der Waals surface area contributed by atoms with E-state index in [1.54, 1.807) is 30.6 Å². The van der Waals surface area contributed by atoms with E-state index in [1.807, 2.05) is 6.07 Å². The largest absolute Gasteiger partial charge is 0.367 e. The Kier molecular flexibility index (Phi) is 4.85. The second-order valence-corrected chi connectivity index (χ2v) is 5.49. The molecule has 0 spiro atoms. The molecule has 1 fully saturated rings. The van der Waals surface area contributed by atoms with Gasteiger partial charge in [0.1, 0.15) is 0 Å². The first kappa shape index (κ1) is 16.4. The highest BCUT2D eigenvalue weighted by atomic mass is 16.6. The molecule has 0 N–H and O–H groups in total. The summed E-state index contributed by atoms with van der Waals surface area (Å²) in [5, 5.41) is 20.1. The number of non-ortho nitro benzene ring substituents is 1. The fourth-order valence-corrected chi connectivity index (χ4v) is 2.80. The molecule has 0 amide bonds. The standard InChI is InChI=1S/C17H16N6O2/c18-6-5-16(14-3-1-4-15(13-14)23(24)25)21-9-11-22(12-10-21)17-19-7-2-8-20-17/h1-5,7-8,13H,9-12H2/b16-5+. The van der Waals surface area contributed by atoms with E-state index in [1.165, 1.54) is 18.2 Å². The molecule has 1 aromatic carbocycles. The Morgan fingerprint density at radius 1 is 1.20 bits per heavy atom. The maximum absolute atomic E-state index is 11.0. The molecule has 126 valence electrons. The lowest BCUT2D eigenvalue weighted by Gasteiger charge is -2.37. The SMILES string of the molecule is N#C/C=C(\c1cccc([N+](=O)[O-])c1)N1CCN(c2ncccn2)CC1. The number of benzene rings is 1. The molecule has 0 aliphatic carbocycles. The number of hydrogen-bond acceptors (Lipinski definition) is 7. The van der Waals surface area contributed by atoms with Gasteiger partial charge in [0.15, 0.2) is 0 Å². The monoisotopic (exact) mass is 336 g/mol. The number of nitro benzene ring substituents is 1. The van der Waals surface area contributed by atoms with Gasteiger partial charge in [0.2, 0.25) is 5.95 Å². The molecule has 0 bridgehead atoms. The molecule has 0 unspecified atom stereocenters. The lowest BCUT2D eigenvalue weighted by Crippen LogP contribution is -2.46. The highest BCUT2D eigenvalue weighted by molar-refractivity contribution is 5.68. The summed E-state index contributed by atoms with van der Waals surface area (Å²) in [5.41, 5.74) is 1.37. The summed E-state index contributed by atoms with van der Waals surface area (Å²) in [4.78, 5) is 23.2. The molecule has 3 rings (SSSR count). The van der Waals surface area contributed by atoms with E-state index < -0.39 is 4.92 Å². The molecular weight excluding hydrogens is 320 g/mol. The van der Waals surface area contributed by atoms with Crippen LogP contribution in [0.3, 0.4) is 0 Å². The number of hydrogen-bond donors (Lipinski definition) is 0. The van der Waals surface area contributed by atoms with Crippen LogP contribution in [0.25, 0.3) is 5.70 Å². The fraction of sp³-hybridized carbons (Fsp3) is 0.235. The molecule has 0 atom stereocenters. The summed E-state index contributed by atoms with van der Waals surface area (Å²) in [6.07, 6.45) is 4.85. The summed E-state index contributed by atoms with van der Waals surface area (Å²) < 4.78 is 0. The van der Waals surface area contributed by atoms with Crippen LogP contribution >= 0.6 is 0 Å². The van der Waals surface area contributed by atoms with Crippen molar-refractivity contribution in [3.63, 3.8) is 0 Å². The van der Waals surface area contributed by atoms with Crippen molar-refractivity contribution in [3.05, 3.63) is 64.5 Å². The van der Waals surface area contributed by atoms with Crippen molar-refractivity contribution in [2.24, 2.45) is 0 Å². The van der Waals surface area contributed by atoms with Gasteiger partial charge in [-0.2, -0.15) is 5.26 Å². The molecule has 1 aliphatic heterocycles. The van der Waals surface area contributed by atoms with Gasteiger partial charge in [0.25, 0.3) is 5.69 Å². The maximum atomic E-state index is 11.0. The molecule has 0 radical (unpaired) electrons. The maximum Gasteiger partial charge on any atom is 0.270 e. The Labute approximate surface area is 144 Å². The highest BCUT2D eigenvalue weighted by Gasteiger charge is 2.22. The second kappa shape index (κ2) is 7.40. The number of aromatic nitrogens is 2. The van der Waals surface area contributed by atoms with Crippen LogP contribution in [0.15, 0.2) is 48.8 Å². The number of nitriles is 1. The Morgan fingerprint density at radius 3 is 2.56 bits per heavy atom. The van der Waals surface area contributed by atoms with E-state index in [9.17, 15) is 10.1 Å². The summed E-state index contributed by atoms with van der Waals surface area (Å²) in [6, 6.07) is 10.2. The Hall–Kier alpha value is -3.47. The van der Waals surface area contributed by atoms with Crippen molar-refractivity contribution >= 4 is 17.3 Å². The number of piperazine rings is 1. The van der Waals surface area contributed by atoms with Gasteiger partial charge in [-0.3, -0.25) is 10.1 Å². The Bertz CT molecular complexity index is 823. The zero-order valence-electron chi connectivity index (χ0n) is 13.4. The van der Waals surface area contributed by atoms with Crippen LogP contribution in [-0.2, 0) is 0 Å². The van der Waals surface area contributed by atoms with Gasteiger partial charge in [-0.25, -0.2) is 9.97 Å². The first-order valence-electron chi connectivity index (χ1n) is 7.80. The lowest BCUT2D eigenvalue weighted by atomic mass is 10.1. The molecular formula is C17H16N6O2. The minimum atomic E-state index is -0.432. The van der Waals surface area contributed by atoms with Gasteiger partial charge in [0.05, 0.1) is 16.7 Å². The van der Waals surface area contributed by atoms with Gasteiger partial charge in [-0.1, -0.05) is 12.1 Å². The molecule has 1 aliphatic rings. The topological polar surface area (TPSA) is 99.2 Å². The summed E-state index contributed by atoms with van der Waals surface area (Å²) in [7, 11) is 0. The zero-order valence-corrected chi connectivity index (χ0v) is 13.4. The van der Waals surface area contributed by atoms with E-state index >= 15 is 0 Å². The number of allylic oxidation sites excluding steroid dienone is 1. The van der Waals surface area contributed by atoms with Crippen molar-refractivity contribution in [1.29, 1.82) is 5.26 Å². The molecule has 25 heavy (non-hydrogen) atoms. The molecule has 2 heterocycles. The van der Waals surface area contributed by atoms with Crippen LogP contribution in [0.4, 0.5) is 11.6 Å². The fourth-order valence-electron chi connectivity index (χ4n) is 2.80. The first-order valence-corrected chi connectivity index (χ1v) is 7.80. The third kappa shape index (κ3) is 3.72. The normalized spacial score (nSPS) is 14.9. The van der Waals surface area contributed by atoms with Crippen molar-refractivity contribution in [1.82, 2.24) is 14.9 Å². The summed E-state index contributed by atoms with van der Waals surface area (Å²) >= 11 is 0. The van der Waals surface area contributed by atoms with E-state index in [-0.39, 0.29) is 5.69 Å². The van der Waals surface area contributed by atoms with E-state index in [0.717, 1.165) is 0 Å². The van der Waals surface area contributed by atoms with E-state index in [4.69, 9.17) is 5.26 Å². The smallest absolute Gasteiger partial charge is 0.270 e. The Balaban J connectivity index is 1.77. The summed E-state index contributed by atoms with van der Waals surface area (Å²) in [6.45, 7) is 2.77. The molecule has 1 aromatic heterocycles. The van der Waals surface area contributed by atoms with Crippen molar-refractivity contribution in [2.75, 3.05) is 31.1 Å². The number of rotatable bonds is 4. The van der Waals surface area contributed by atoms with Crippen molar-refractivity contribution < 1.29 is 4.92 Å². The molecule has 0 saturated carbocycles. The van der Waals surface area contributed by atoms with Gasteiger partial charge < -0.3 is 9.80 Å². The van der Waals surface area contributed by atoms with Crippen molar-refractivity contribution in [2.45, 2.75) is 0 Å². The quantitative estimate of drug-likeness (QED) is 0.479. The van der Waals surface area contributed by atoms with Gasteiger partial charge in [-0.15, -0.1) is 0 Å². The summed E-state index contributed by atoms with van der Waals surface area (Å²) in [5.74, 6) is 0.684. The van der Waals surface area contributed by atoms with Crippen LogP contribution in [0, 0.1) is 21.4 Å². The van der Waals surface area contributed by atoms with E-state index in [2.05, 4.69) is 19.8 Å². The minimum Gasteiger partial charge on any atom is -0.367 e. The molecule has 8 heteroatoms. The van der Waals surface area contributed by atoms with Crippen LogP contribution < -0.4 is 4.90 Å². The second-order valence-electron chi connectivity index (χ2n) is 5.49. The molecule has 1 saturated heterocycles. The minimum absolute atomic E-state index is 0.0117. The average molecular weight is 336 g/mol. The van der Waals surface area contributed by atoms with Crippen LogP contribution in [0.1, 0.15) is 5.56 Å². The zero-order chi connectivity index (χ0) is 17.6. The third-order valence-corrected chi connectivity index (χ3v) is 4.01. The molecule has 2 aromatic rings. The predicted molar refractivity (Wildman–Crippen MR) is 92.5 cm³/mol. The third-order valence-electron chi connectivity index (χ3n) is 4.01. The Morgan fingerprint density at radius 2 is 1.92 bits per heavy atom. The van der Waals surface area contributed by atoms with Crippen LogP contribution in [-0.4, -0.2) is 46.0 Å². The average Bonchev–Trinajstić information content (AvgIpc) is 2.67. The first-order chi connectivity index (χ1) is 12.2. The van der Waals surface area contributed by atoms with Crippen LogP contribution in [0.2, 0.25) is 0 Å². The van der Waals surface area contributed by atoms with Gasteiger partial charge >= 0.3 is 0 Å². The number of anilines is 1. The predicted octanol–water partition coefficient (Wildman–Crippen LogP) is 2.07. The van der Waals surface area contributed by atoms with Gasteiger partial charge in [-0.05, 0) is 6.07 Å². The van der Waals surface area contributed by atoms with Gasteiger partial charge in [0, 0.05) is 62.3 Å². The van der Waals surface area contributed by atoms with E-state index in [0.29, 0.717) is 43.4 Å². The molecule has 8 nitrogen and oxygen atoms in total. The van der Waals surface area contributed by atoms with Crippen LogP contribution in [0.5, 0.6) is 0 Å². The number of nitrogens with zero attached hydrogens (tertiary/aromatic N) is 6. The van der Waals surface area contributed by atoms with Crippen molar-refractivity contribution in [3.8, 4) is 6.07 Å².